The van der Waals surface area contributed by atoms with Gasteiger partial charge in [0.1, 0.15) is 0 Å². The summed E-state index contributed by atoms with van der Waals surface area (Å²) in [6.45, 7) is 0. The van der Waals surface area contributed by atoms with Crippen molar-refractivity contribution < 1.29 is 96.4 Å². The fourth-order valence-corrected chi connectivity index (χ4v) is 2.36. The number of halogens is 19. The molecule has 0 saturated heterocycles. The molecule has 0 rings (SSSR count). The quantitative estimate of drug-likeness (QED) is 0.258. The highest BCUT2D eigenvalue weighted by Crippen LogP contribution is 2.63. The molecule has 0 aliphatic carbocycles. The lowest BCUT2D eigenvalue weighted by atomic mass is 9.87. The second-order valence-electron chi connectivity index (χ2n) is 6.13. The number of alkyl halides is 19. The van der Waals surface area contributed by atoms with Crippen LogP contribution in [0.1, 0.15) is 0 Å². The molecule has 0 fully saturated rings. The first-order valence-corrected chi connectivity index (χ1v) is 8.74. The Morgan fingerprint density at radius 2 is 0.765 bits per heavy atom. The second-order valence-corrected chi connectivity index (χ2v) is 7.57. The molecule has 0 saturated carbocycles. The van der Waals surface area contributed by atoms with Crippen LogP contribution < -0.4 is 0 Å². The Labute approximate surface area is 173 Å². The maximum absolute atomic E-state index is 13.4. The van der Waals surface area contributed by atoms with Crippen molar-refractivity contribution in [1.82, 2.24) is 0 Å². The molecule has 0 aromatic heterocycles. The van der Waals surface area contributed by atoms with Crippen LogP contribution in [0.3, 0.4) is 0 Å². The molecule has 0 radical (unpaired) electrons. The van der Waals surface area contributed by atoms with Gasteiger partial charge in [-0.25, -0.2) is 22.0 Å². The zero-order valence-electron chi connectivity index (χ0n) is 14.7. The van der Waals surface area contributed by atoms with Crippen molar-refractivity contribution in [2.45, 2.75) is 65.7 Å². The Morgan fingerprint density at radius 3 is 1.03 bits per heavy atom. The molecule has 3 unspecified atom stereocenters. The van der Waals surface area contributed by atoms with E-state index in [0.29, 0.717) is 0 Å². The molecule has 23 heteroatoms. The monoisotopic (exact) mass is 578 g/mol. The first-order valence-electron chi connectivity index (χ1n) is 7.23. The van der Waals surface area contributed by atoms with Crippen molar-refractivity contribution in [3.8, 4) is 0 Å². The van der Waals surface area contributed by atoms with Crippen molar-refractivity contribution >= 4 is 10.1 Å². The average Bonchev–Trinajstić information content (AvgIpc) is 2.63. The highest BCUT2D eigenvalue weighted by Gasteiger charge is 2.94. The third-order valence-corrected chi connectivity index (χ3v) is 4.65. The first kappa shape index (κ1) is 32.6. The van der Waals surface area contributed by atoms with Gasteiger partial charge in [0.25, 0.3) is 11.9 Å². The lowest BCUT2D eigenvalue weighted by molar-refractivity contribution is -0.446. The highest BCUT2D eigenvalue weighted by molar-refractivity contribution is 7.86. The van der Waals surface area contributed by atoms with Crippen LogP contribution in [0.25, 0.3) is 0 Å². The van der Waals surface area contributed by atoms with Gasteiger partial charge >= 0.3 is 51.6 Å². The first-order chi connectivity index (χ1) is 14.4. The standard InChI is InChI=1S/C11H5F19O3S/c12-1(3(14)15)2(13)5(17,18)7(21,22)9(25,26)11(29,30)10(27,28)8(23,24)6(19,20)4(16)34(31,32)33/h1-4H,(H,31,32,33). The molecule has 1 N–H and O–H groups in total. The molecule has 3 nitrogen and oxygen atoms in total. The topological polar surface area (TPSA) is 54.4 Å². The summed E-state index contributed by atoms with van der Waals surface area (Å²) < 4.78 is 276. The zero-order chi connectivity index (χ0) is 28.3. The van der Waals surface area contributed by atoms with Crippen molar-refractivity contribution in [2.75, 3.05) is 0 Å². The fourth-order valence-electron chi connectivity index (χ4n) is 1.84. The van der Waals surface area contributed by atoms with Crippen LogP contribution in [-0.4, -0.2) is 78.7 Å². The van der Waals surface area contributed by atoms with E-state index in [1.54, 1.807) is 0 Å². The van der Waals surface area contributed by atoms with E-state index in [0.717, 1.165) is 0 Å². The summed E-state index contributed by atoms with van der Waals surface area (Å²) in [6, 6.07) is 0. The minimum absolute atomic E-state index is 5.07. The summed E-state index contributed by atoms with van der Waals surface area (Å²) in [5, 5.41) is 0. The molecular formula is C11H5F19O3S. The van der Waals surface area contributed by atoms with E-state index in [4.69, 9.17) is 4.55 Å². The van der Waals surface area contributed by atoms with Crippen LogP contribution in [0.2, 0.25) is 0 Å². The maximum Gasteiger partial charge on any atom is 0.384 e. The van der Waals surface area contributed by atoms with Gasteiger partial charge < -0.3 is 0 Å². The Morgan fingerprint density at radius 1 is 0.500 bits per heavy atom. The summed E-state index contributed by atoms with van der Waals surface area (Å²) in [7, 11) is -7.26. The molecule has 34 heavy (non-hydrogen) atoms. The second kappa shape index (κ2) is 8.61. The van der Waals surface area contributed by atoms with Crippen LogP contribution in [0, 0.1) is 0 Å². The van der Waals surface area contributed by atoms with Crippen LogP contribution in [0.5, 0.6) is 0 Å². The smallest absolute Gasteiger partial charge is 0.283 e. The summed E-state index contributed by atoms with van der Waals surface area (Å²) in [6.07, 6.45) is -16.2. The SMILES string of the molecule is O=S(=O)(O)C(F)C(F)(F)C(F)(F)C(F)(F)C(F)(F)C(F)(F)C(F)(F)C(F)(F)C(F)C(F)C(F)F. The van der Waals surface area contributed by atoms with E-state index in [9.17, 15) is 91.8 Å². The van der Waals surface area contributed by atoms with Crippen LogP contribution >= 0.6 is 0 Å². The normalized spacial score (nSPS) is 18.7. The van der Waals surface area contributed by atoms with Gasteiger partial charge in [0, 0.05) is 0 Å². The summed E-state index contributed by atoms with van der Waals surface area (Å²) in [5.41, 5.74) is -6.04. The molecule has 0 aliphatic rings. The van der Waals surface area contributed by atoms with Gasteiger partial charge in [0.15, 0.2) is 6.17 Å². The van der Waals surface area contributed by atoms with Crippen molar-refractivity contribution in [3.63, 3.8) is 0 Å². The number of rotatable bonds is 11. The minimum Gasteiger partial charge on any atom is -0.283 e. The Kier molecular flexibility index (Phi) is 8.25. The summed E-state index contributed by atoms with van der Waals surface area (Å²) in [5.74, 6) is -59.5. The van der Waals surface area contributed by atoms with Crippen LogP contribution in [0.15, 0.2) is 0 Å². The largest absolute Gasteiger partial charge is 0.384 e. The van der Waals surface area contributed by atoms with Gasteiger partial charge in [0.2, 0.25) is 6.17 Å². The molecule has 0 aromatic carbocycles. The zero-order valence-corrected chi connectivity index (χ0v) is 15.5. The highest BCUT2D eigenvalue weighted by atomic mass is 32.2. The molecule has 0 aliphatic heterocycles. The molecule has 0 bridgehead atoms. The van der Waals surface area contributed by atoms with Crippen molar-refractivity contribution in [2.24, 2.45) is 0 Å². The predicted octanol–water partition coefficient (Wildman–Crippen LogP) is 5.56. The van der Waals surface area contributed by atoms with Gasteiger partial charge in [-0.05, 0) is 0 Å². The van der Waals surface area contributed by atoms with Gasteiger partial charge in [-0.1, -0.05) is 0 Å². The summed E-state index contributed by atoms with van der Waals surface area (Å²) >= 11 is 0. The molecule has 0 aromatic rings. The van der Waals surface area contributed by atoms with Gasteiger partial charge in [-0.3, -0.25) is 4.55 Å². The lowest BCUT2D eigenvalue weighted by Gasteiger charge is -2.43. The van der Waals surface area contributed by atoms with E-state index in [2.05, 4.69) is 0 Å². The molecule has 0 amide bonds. The number of hydrogen-bond acceptors (Lipinski definition) is 2. The van der Waals surface area contributed by atoms with Crippen molar-refractivity contribution in [3.05, 3.63) is 0 Å². The Bertz CT molecular complexity index is 836. The van der Waals surface area contributed by atoms with Gasteiger partial charge in [-0.15, -0.1) is 0 Å². The molecule has 3 atom stereocenters. The summed E-state index contributed by atoms with van der Waals surface area (Å²) in [4.78, 5) is 0. The van der Waals surface area contributed by atoms with E-state index < -0.39 is 75.8 Å². The third kappa shape index (κ3) is 4.33. The lowest BCUT2D eigenvalue weighted by Crippen LogP contribution is -2.75. The van der Waals surface area contributed by atoms with E-state index >= 15 is 0 Å². The van der Waals surface area contributed by atoms with Gasteiger partial charge in [0.05, 0.1) is 0 Å². The predicted molar refractivity (Wildman–Crippen MR) is 66.9 cm³/mol. The number of hydrogen-bond donors (Lipinski definition) is 1. The Balaban J connectivity index is 6.88. The fraction of sp³-hybridized carbons (Fsp3) is 1.00. The van der Waals surface area contributed by atoms with Gasteiger partial charge in [-0.2, -0.15) is 69.9 Å². The van der Waals surface area contributed by atoms with Crippen LogP contribution in [-0.2, 0) is 10.1 Å². The Hall–Kier alpha value is -1.42. The minimum atomic E-state index is -8.95. The maximum atomic E-state index is 13.4. The molecular weight excluding hydrogens is 573 g/mol. The van der Waals surface area contributed by atoms with E-state index in [1.807, 2.05) is 0 Å². The average molecular weight is 578 g/mol. The van der Waals surface area contributed by atoms with Crippen molar-refractivity contribution in [1.29, 1.82) is 0 Å². The van der Waals surface area contributed by atoms with E-state index in [-0.39, 0.29) is 0 Å². The third-order valence-electron chi connectivity index (χ3n) is 3.83. The van der Waals surface area contributed by atoms with Crippen LogP contribution in [0.4, 0.5) is 83.4 Å². The molecule has 206 valence electrons. The molecule has 0 spiro atoms. The molecule has 0 heterocycles. The van der Waals surface area contributed by atoms with E-state index in [1.165, 1.54) is 0 Å².